The van der Waals surface area contributed by atoms with Gasteiger partial charge in [0.15, 0.2) is 15.4 Å². The molecule has 0 saturated carbocycles. The zero-order chi connectivity index (χ0) is 23.5. The number of nitrogens with zero attached hydrogens (tertiary/aromatic N) is 1. The van der Waals surface area contributed by atoms with Gasteiger partial charge in [-0.3, -0.25) is 10.0 Å². The fourth-order valence-electron chi connectivity index (χ4n) is 3.40. The second-order valence-electron chi connectivity index (χ2n) is 7.11. The Morgan fingerprint density at radius 1 is 1.25 bits per heavy atom. The van der Waals surface area contributed by atoms with E-state index in [0.717, 1.165) is 11.8 Å². The van der Waals surface area contributed by atoms with Crippen molar-refractivity contribution in [2.75, 3.05) is 12.0 Å². The number of aryl methyl sites for hydroxylation is 1. The molecule has 8 nitrogen and oxygen atoms in total. The molecule has 1 heterocycles. The third-order valence-corrected chi connectivity index (χ3v) is 8.02. The number of aliphatic hydroxyl groups is 1. The van der Waals surface area contributed by atoms with Crippen LogP contribution in [0.3, 0.4) is 0 Å². The molecule has 0 saturated heterocycles. The van der Waals surface area contributed by atoms with Crippen molar-refractivity contribution in [1.29, 1.82) is 0 Å². The largest absolute Gasteiger partial charge is 0.377 e. The molecule has 0 bridgehead atoms. The van der Waals surface area contributed by atoms with Gasteiger partial charge >= 0.3 is 0 Å². The molecule has 2 atom stereocenters. The highest BCUT2D eigenvalue weighted by atomic mass is 35.5. The average Bonchev–Trinajstić information content (AvgIpc) is 3.19. The lowest BCUT2D eigenvalue weighted by Gasteiger charge is -2.31. The van der Waals surface area contributed by atoms with Crippen molar-refractivity contribution < 1.29 is 28.0 Å². The number of rotatable bonds is 8. The molecule has 0 aliphatic carbocycles. The summed E-state index contributed by atoms with van der Waals surface area (Å²) in [5, 5.41) is 23.5. The Balaban J connectivity index is 2.13. The van der Waals surface area contributed by atoms with Crippen molar-refractivity contribution in [1.82, 2.24) is 10.6 Å². The van der Waals surface area contributed by atoms with E-state index in [1.54, 1.807) is 55.6 Å². The Morgan fingerprint density at radius 2 is 1.94 bits per heavy atom. The molecule has 0 aliphatic heterocycles. The van der Waals surface area contributed by atoms with Gasteiger partial charge in [0.05, 0.1) is 15.9 Å². The van der Waals surface area contributed by atoms with E-state index in [1.807, 2.05) is 0 Å². The number of hydroxylamine groups is 1. The van der Waals surface area contributed by atoms with E-state index in [0.29, 0.717) is 16.9 Å². The minimum Gasteiger partial charge on any atom is -0.377 e. The first-order valence-corrected chi connectivity index (χ1v) is 12.6. The van der Waals surface area contributed by atoms with Crippen LogP contribution in [0.5, 0.6) is 0 Å². The number of hydrogen-bond donors (Lipinski definition) is 3. The lowest BCUT2D eigenvalue weighted by Crippen LogP contribution is -2.54. The third-order valence-electron chi connectivity index (χ3n) is 4.85. The number of aromatic nitrogens is 1. The van der Waals surface area contributed by atoms with Crippen LogP contribution in [0.4, 0.5) is 0 Å². The van der Waals surface area contributed by atoms with E-state index in [1.165, 1.54) is 17.6 Å². The van der Waals surface area contributed by atoms with Gasteiger partial charge < -0.3 is 9.63 Å². The van der Waals surface area contributed by atoms with Crippen molar-refractivity contribution in [3.05, 3.63) is 71.1 Å². The first kappa shape index (κ1) is 24.3. The Morgan fingerprint density at radius 3 is 2.50 bits per heavy atom. The van der Waals surface area contributed by atoms with E-state index in [4.69, 9.17) is 16.1 Å². The molecule has 170 valence electrons. The zero-order valence-electron chi connectivity index (χ0n) is 17.1. The second-order valence-corrected chi connectivity index (χ2v) is 10.4. The first-order valence-electron chi connectivity index (χ1n) is 9.33. The van der Waals surface area contributed by atoms with Crippen molar-refractivity contribution in [3.63, 3.8) is 0 Å². The maximum absolute atomic E-state index is 13.5. The van der Waals surface area contributed by atoms with Crippen LogP contribution in [-0.4, -0.2) is 47.4 Å². The van der Waals surface area contributed by atoms with Crippen molar-refractivity contribution in [3.8, 4) is 11.1 Å². The van der Waals surface area contributed by atoms with Crippen LogP contribution in [0.1, 0.15) is 16.7 Å². The number of carbonyl (C=O) groups excluding carboxylic acids is 1. The fraction of sp³-hybridized carbons (Fsp3) is 0.238. The number of amides is 1. The van der Waals surface area contributed by atoms with Gasteiger partial charge in [0.1, 0.15) is 11.5 Å². The number of benzene rings is 2. The molecule has 0 aliphatic rings. The number of hydrogen-bond acceptors (Lipinski definition) is 8. The van der Waals surface area contributed by atoms with Gasteiger partial charge in [-0.15, -0.1) is 0 Å². The Kier molecular flexibility index (Phi) is 7.31. The number of sulfone groups is 1. The normalized spacial score (nSPS) is 14.5. The molecule has 1 aromatic heterocycles. The summed E-state index contributed by atoms with van der Waals surface area (Å²) in [5.74, 6) is -1.91. The van der Waals surface area contributed by atoms with Crippen molar-refractivity contribution in [2.45, 2.75) is 22.7 Å². The molecule has 1 amide bonds. The van der Waals surface area contributed by atoms with Crippen LogP contribution in [-0.2, 0) is 14.6 Å². The SMILES string of the molecule is CSC(c1cc(C)on1)C(O)(CS(=O)(=O)c1cc(Cl)ccc1-c1ccccc1)C(=O)NO. The van der Waals surface area contributed by atoms with E-state index in [2.05, 4.69) is 5.16 Å². The predicted molar refractivity (Wildman–Crippen MR) is 121 cm³/mol. The van der Waals surface area contributed by atoms with E-state index in [-0.39, 0.29) is 15.6 Å². The quantitative estimate of drug-likeness (QED) is 0.319. The summed E-state index contributed by atoms with van der Waals surface area (Å²) < 4.78 is 32.1. The van der Waals surface area contributed by atoms with Crippen molar-refractivity contribution >= 4 is 39.1 Å². The van der Waals surface area contributed by atoms with Gasteiger partial charge in [-0.1, -0.05) is 53.2 Å². The summed E-state index contributed by atoms with van der Waals surface area (Å²) in [5.41, 5.74) is -0.0633. The van der Waals surface area contributed by atoms with E-state index >= 15 is 0 Å². The second kappa shape index (κ2) is 9.63. The average molecular weight is 497 g/mol. The summed E-state index contributed by atoms with van der Waals surface area (Å²) in [6, 6.07) is 14.6. The Labute approximate surface area is 194 Å². The first-order chi connectivity index (χ1) is 15.1. The molecule has 0 spiro atoms. The van der Waals surface area contributed by atoms with Gasteiger partial charge in [0.2, 0.25) is 0 Å². The molecule has 2 unspecified atom stereocenters. The maximum Gasteiger partial charge on any atom is 0.277 e. The monoisotopic (exact) mass is 496 g/mol. The molecule has 3 N–H and O–H groups in total. The molecule has 2 aromatic carbocycles. The molecular formula is C21H21ClN2O6S2. The third kappa shape index (κ3) is 4.84. The number of thioether (sulfide) groups is 1. The molecule has 3 aromatic rings. The van der Waals surface area contributed by atoms with E-state index in [9.17, 15) is 23.5 Å². The summed E-state index contributed by atoms with van der Waals surface area (Å²) >= 11 is 7.08. The summed E-state index contributed by atoms with van der Waals surface area (Å²) in [6.07, 6.45) is 1.58. The van der Waals surface area contributed by atoms with Gasteiger partial charge in [-0.25, -0.2) is 13.9 Å². The fourth-order valence-corrected chi connectivity index (χ4v) is 6.54. The molecule has 32 heavy (non-hydrogen) atoms. The standard InChI is InChI=1S/C21H21ClN2O6S2/c1-13-10-17(24-30-13)19(31-2)21(26,20(25)23-27)12-32(28,29)18-11-15(22)8-9-16(18)14-6-4-3-5-7-14/h3-11,19,26-27H,12H2,1-2H3,(H,23,25). The minimum atomic E-state index is -4.31. The van der Waals surface area contributed by atoms with Gasteiger partial charge in [-0.2, -0.15) is 11.8 Å². The summed E-state index contributed by atoms with van der Waals surface area (Å²) in [6.45, 7) is 1.62. The number of halogens is 1. The van der Waals surface area contributed by atoms with Gasteiger partial charge in [0.25, 0.3) is 5.91 Å². The highest BCUT2D eigenvalue weighted by Gasteiger charge is 2.50. The molecule has 11 heteroatoms. The maximum atomic E-state index is 13.5. The Hall–Kier alpha value is -2.37. The highest BCUT2D eigenvalue weighted by molar-refractivity contribution is 7.99. The number of nitrogens with one attached hydrogen (secondary N) is 1. The van der Waals surface area contributed by atoms with Crippen molar-refractivity contribution in [2.24, 2.45) is 0 Å². The molecule has 0 radical (unpaired) electrons. The number of carbonyl (C=O) groups is 1. The van der Waals surface area contributed by atoms with Crippen LogP contribution < -0.4 is 5.48 Å². The van der Waals surface area contributed by atoms with Crippen LogP contribution in [0.25, 0.3) is 11.1 Å². The molecular weight excluding hydrogens is 476 g/mol. The molecule has 0 fully saturated rings. The van der Waals surface area contributed by atoms with Gasteiger partial charge in [0, 0.05) is 16.7 Å². The zero-order valence-corrected chi connectivity index (χ0v) is 19.5. The van der Waals surface area contributed by atoms with E-state index < -0.39 is 32.3 Å². The highest BCUT2D eigenvalue weighted by Crippen LogP contribution is 2.40. The van der Waals surface area contributed by atoms with Gasteiger partial charge in [-0.05, 0) is 30.9 Å². The van der Waals surface area contributed by atoms with Crippen LogP contribution >= 0.6 is 23.4 Å². The minimum absolute atomic E-state index is 0.156. The summed E-state index contributed by atoms with van der Waals surface area (Å²) in [7, 11) is -4.31. The predicted octanol–water partition coefficient (Wildman–Crippen LogP) is 3.42. The smallest absolute Gasteiger partial charge is 0.277 e. The summed E-state index contributed by atoms with van der Waals surface area (Å²) in [4.78, 5) is 12.4. The Bertz CT molecular complexity index is 1220. The molecule has 3 rings (SSSR count). The van der Waals surface area contributed by atoms with Crippen LogP contribution in [0.2, 0.25) is 5.02 Å². The lowest BCUT2D eigenvalue weighted by atomic mass is 9.98. The lowest BCUT2D eigenvalue weighted by molar-refractivity contribution is -0.146. The van der Waals surface area contributed by atoms with Crippen LogP contribution in [0, 0.1) is 6.92 Å². The topological polar surface area (TPSA) is 130 Å². The van der Waals surface area contributed by atoms with Crippen LogP contribution in [0.15, 0.2) is 64.0 Å².